The van der Waals surface area contributed by atoms with Gasteiger partial charge in [-0.25, -0.2) is 0 Å². The molecule has 21 heteroatoms. The molecule has 0 bridgehead atoms. The van der Waals surface area contributed by atoms with Crippen molar-refractivity contribution in [2.75, 3.05) is 58.9 Å². The summed E-state index contributed by atoms with van der Waals surface area (Å²) in [5.41, 5.74) is 0. The van der Waals surface area contributed by atoms with Gasteiger partial charge in [0.05, 0.1) is 37.7 Å². The molecule has 1 saturated heterocycles. The summed E-state index contributed by atoms with van der Waals surface area (Å²) in [5.74, 6) is 0. The summed E-state index contributed by atoms with van der Waals surface area (Å²) in [7, 11) is 0. The Hall–Kier alpha value is -6.64. The topological polar surface area (TPSA) is 176 Å². The molecule has 3 aromatic heterocycles. The smallest absolute Gasteiger partial charge is 0.119 e. The molecule has 7 aliphatic heterocycles. The molecule has 488 valence electrons. The predicted octanol–water partition coefficient (Wildman–Crippen LogP) is 12.5. The number of allylic oxidation sites excluding steroid dienone is 3. The van der Waals surface area contributed by atoms with Gasteiger partial charge >= 0.3 is 0 Å². The summed E-state index contributed by atoms with van der Waals surface area (Å²) in [6.45, 7) is 53.3. The van der Waals surface area contributed by atoms with Gasteiger partial charge in [0.15, 0.2) is 0 Å². The number of rotatable bonds is 10. The summed E-state index contributed by atoms with van der Waals surface area (Å²) in [6.07, 6.45) is 47.4. The van der Waals surface area contributed by atoms with Crippen LogP contribution in [0.4, 0.5) is 0 Å². The first-order valence-corrected chi connectivity index (χ1v) is 32.2. The van der Waals surface area contributed by atoms with Crippen LogP contribution in [0.1, 0.15) is 195 Å². The van der Waals surface area contributed by atoms with Crippen molar-refractivity contribution in [2.45, 2.75) is 237 Å². The minimum absolute atomic E-state index is 0.380. The van der Waals surface area contributed by atoms with Gasteiger partial charge in [0, 0.05) is 155 Å². The molecule has 0 amide bonds. The van der Waals surface area contributed by atoms with Gasteiger partial charge in [-0.2, -0.15) is 20.1 Å². The van der Waals surface area contributed by atoms with E-state index in [1.54, 1.807) is 40.7 Å². The summed E-state index contributed by atoms with van der Waals surface area (Å²) in [5, 5.41) is 41.6. The van der Waals surface area contributed by atoms with Crippen molar-refractivity contribution < 1.29 is 0 Å². The summed E-state index contributed by atoms with van der Waals surface area (Å²) >= 11 is 0. The van der Waals surface area contributed by atoms with Crippen LogP contribution in [0, 0.1) is 0 Å². The van der Waals surface area contributed by atoms with Crippen molar-refractivity contribution in [1.82, 2.24) is 95.1 Å². The van der Waals surface area contributed by atoms with E-state index >= 15 is 0 Å². The Bertz CT molecular complexity index is 2010. The maximum atomic E-state index is 3.92. The molecule has 10 rings (SSSR count). The highest BCUT2D eigenvalue weighted by Crippen LogP contribution is 2.12. The Kier molecular flexibility index (Phi) is 42.7. The van der Waals surface area contributed by atoms with Gasteiger partial charge in [0.1, 0.15) is 12.7 Å². The van der Waals surface area contributed by atoms with Crippen LogP contribution >= 0.6 is 0 Å². The van der Waals surface area contributed by atoms with Crippen LogP contribution in [0.15, 0.2) is 134 Å². The van der Waals surface area contributed by atoms with Gasteiger partial charge in [-0.3, -0.25) is 9.69 Å². The standard InChI is InChI=1S/C8H17N.C8H15N.C8H13N.2C7H14N2.C7H12N2.C5H9N3.C5H11N3.2C5H9N3/c3*1-8(2)9-6-4-3-5-7-9;3*1-7(2)9-5-3-8-4-6-9;1-5(2)8-3-6-7-4-8;2*1-5(2)8-4-3-6-7-8;1-5(2)8-6-3-4-7-8/h8H,3-7H2,1-2H3;4,6,8H,3,5,7H2,1-2H3;4-8H,3H2,1-2H3;2*3,5,7-8H,4,6H2,1-2H3;3-8H,1-2H3;3-5H,1-2H3;5H,3-4H2,1-2H3;2*3-5H,1-2H3. The molecule has 0 atom stereocenters. The molecule has 86 heavy (non-hydrogen) atoms. The van der Waals surface area contributed by atoms with E-state index in [1.807, 2.05) is 66.8 Å². The second-order valence-corrected chi connectivity index (χ2v) is 24.3. The van der Waals surface area contributed by atoms with Crippen LogP contribution in [0.2, 0.25) is 0 Å². The number of nitrogens with zero attached hydrogens (tertiary/aromatic N) is 18. The molecular weight excluding hydrogens is 1070 g/mol. The van der Waals surface area contributed by atoms with E-state index in [2.05, 4.69) is 260 Å². The second-order valence-electron chi connectivity index (χ2n) is 24.3. The molecule has 0 unspecified atom stereocenters. The van der Waals surface area contributed by atoms with Crippen molar-refractivity contribution >= 4 is 0 Å². The molecule has 3 aromatic rings. The number of piperidine rings is 1. The lowest BCUT2D eigenvalue weighted by molar-refractivity contribution is 0.185. The van der Waals surface area contributed by atoms with Crippen molar-refractivity contribution in [1.29, 1.82) is 0 Å². The van der Waals surface area contributed by atoms with Crippen molar-refractivity contribution in [2.24, 2.45) is 10.3 Å². The third kappa shape index (κ3) is 37.7. The van der Waals surface area contributed by atoms with Crippen LogP contribution in [0.3, 0.4) is 0 Å². The number of aromatic nitrogens is 9. The Morgan fingerprint density at radius 1 is 0.407 bits per heavy atom. The Morgan fingerprint density at radius 3 is 1.20 bits per heavy atom. The molecular formula is C65H123N21. The molecule has 3 N–H and O–H groups in total. The van der Waals surface area contributed by atoms with E-state index in [-0.39, 0.29) is 0 Å². The molecule has 0 aromatic carbocycles. The first-order chi connectivity index (χ1) is 41.0. The van der Waals surface area contributed by atoms with Crippen molar-refractivity contribution in [3.63, 3.8) is 0 Å². The third-order valence-corrected chi connectivity index (χ3v) is 13.8. The van der Waals surface area contributed by atoms with Crippen LogP contribution < -0.4 is 16.0 Å². The molecule has 0 aliphatic carbocycles. The molecule has 21 nitrogen and oxygen atoms in total. The molecule has 0 saturated carbocycles. The highest BCUT2D eigenvalue weighted by molar-refractivity contribution is 5.03. The van der Waals surface area contributed by atoms with Crippen LogP contribution in [0.5, 0.6) is 0 Å². The first-order valence-electron chi connectivity index (χ1n) is 32.2. The van der Waals surface area contributed by atoms with Gasteiger partial charge < -0.3 is 49.9 Å². The monoisotopic (exact) mass is 1200 g/mol. The fraction of sp³-hybridized carbons (Fsp3) is 0.692. The lowest BCUT2D eigenvalue weighted by atomic mass is 10.1. The summed E-state index contributed by atoms with van der Waals surface area (Å²) in [4.78, 5) is 15.6. The zero-order chi connectivity index (χ0) is 64.1. The lowest BCUT2D eigenvalue weighted by Gasteiger charge is -2.29. The Labute approximate surface area is 523 Å². The van der Waals surface area contributed by atoms with E-state index in [0.29, 0.717) is 54.4 Å². The van der Waals surface area contributed by atoms with Crippen LogP contribution in [0.25, 0.3) is 0 Å². The maximum absolute atomic E-state index is 3.92. The Morgan fingerprint density at radius 2 is 0.930 bits per heavy atom. The van der Waals surface area contributed by atoms with E-state index in [1.165, 1.54) is 51.7 Å². The van der Waals surface area contributed by atoms with Gasteiger partial charge in [-0.15, -0.1) is 15.3 Å². The molecule has 1 fully saturated rings. The van der Waals surface area contributed by atoms with Gasteiger partial charge in [0.25, 0.3) is 0 Å². The van der Waals surface area contributed by atoms with Crippen molar-refractivity contribution in [3.8, 4) is 0 Å². The number of nitrogens with one attached hydrogen (secondary N) is 3. The zero-order valence-electron chi connectivity index (χ0n) is 57.5. The van der Waals surface area contributed by atoms with Crippen molar-refractivity contribution in [3.05, 3.63) is 124 Å². The minimum atomic E-state index is 0.380. The van der Waals surface area contributed by atoms with E-state index in [4.69, 9.17) is 0 Å². The van der Waals surface area contributed by atoms with E-state index < -0.39 is 0 Å². The van der Waals surface area contributed by atoms with Gasteiger partial charge in [-0.1, -0.05) is 35.1 Å². The fourth-order valence-electron chi connectivity index (χ4n) is 8.09. The average molecular weight is 1200 g/mol. The van der Waals surface area contributed by atoms with Crippen LogP contribution in [-0.4, -0.2) is 180 Å². The van der Waals surface area contributed by atoms with Gasteiger partial charge in [0.2, 0.25) is 0 Å². The highest BCUT2D eigenvalue weighted by atomic mass is 15.6. The maximum Gasteiger partial charge on any atom is 0.119 e. The predicted molar refractivity (Wildman–Crippen MR) is 360 cm³/mol. The average Bonchev–Trinajstić information content (AvgIpc) is 4.40. The molecule has 10 heterocycles. The van der Waals surface area contributed by atoms with Gasteiger partial charge in [-0.05, 0) is 190 Å². The largest absolute Gasteiger partial charge is 0.388 e. The summed E-state index contributed by atoms with van der Waals surface area (Å²) < 4.78 is 3.75. The first kappa shape index (κ1) is 77.4. The molecule has 7 aliphatic rings. The highest BCUT2D eigenvalue weighted by Gasteiger charge is 2.13. The number of hydrogen-bond donors (Lipinski definition) is 3. The normalized spacial score (nSPS) is 16.4. The Balaban J connectivity index is 0.000000478. The lowest BCUT2D eigenvalue weighted by Crippen LogP contribution is -2.35. The summed E-state index contributed by atoms with van der Waals surface area (Å²) in [6, 6.07) is 5.68. The van der Waals surface area contributed by atoms with Crippen LogP contribution in [-0.2, 0) is 0 Å². The minimum Gasteiger partial charge on any atom is -0.388 e. The number of likely N-dealkylation sites (tertiary alicyclic amines) is 1. The molecule has 0 radical (unpaired) electrons. The fourth-order valence-corrected chi connectivity index (χ4v) is 8.09. The number of hydrogen-bond acceptors (Lipinski definition) is 18. The molecule has 0 spiro atoms. The zero-order valence-corrected chi connectivity index (χ0v) is 57.5. The second kappa shape index (κ2) is 47.5. The SMILES string of the molecule is CC(C)N1C=CCC=C1.CC(C)N1C=CCCC1.CC(C)N1C=CNC=C1.CC(C)N1C=CNCC1.CC(C)N1C=CNCC1.CC(C)N1CCCCC1.CC(C)N1CCN=N1.CC(C)n1ccnn1.CC(C)n1cnnc1.CC(C)n1nccn1. The quantitative estimate of drug-likeness (QED) is 0.175. The third-order valence-electron chi connectivity index (χ3n) is 13.8. The van der Waals surface area contributed by atoms with E-state index in [9.17, 15) is 0 Å². The van der Waals surface area contributed by atoms with E-state index in [0.717, 1.165) is 51.7 Å².